The molecule has 0 spiro atoms. The molecule has 2 amide bonds. The van der Waals surface area contributed by atoms with Gasteiger partial charge in [-0.3, -0.25) is 9.59 Å². The zero-order valence-corrected chi connectivity index (χ0v) is 9.89. The topological polar surface area (TPSA) is 58.2 Å². The van der Waals surface area contributed by atoms with Crippen molar-refractivity contribution in [1.29, 1.82) is 0 Å². The molecule has 0 fully saturated rings. The SMILES string of the molecule is CCNC(=O)c1cc(Cl)ccc1NC(C)=O. The van der Waals surface area contributed by atoms with Crippen molar-refractivity contribution in [3.05, 3.63) is 28.8 Å². The molecule has 1 aromatic carbocycles. The lowest BCUT2D eigenvalue weighted by Crippen LogP contribution is -2.24. The highest BCUT2D eigenvalue weighted by Gasteiger charge is 2.11. The quantitative estimate of drug-likeness (QED) is 0.850. The van der Waals surface area contributed by atoms with Crippen LogP contribution in [0, 0.1) is 0 Å². The first kappa shape index (κ1) is 12.5. The molecule has 16 heavy (non-hydrogen) atoms. The number of rotatable bonds is 3. The molecule has 0 aliphatic rings. The van der Waals surface area contributed by atoms with Gasteiger partial charge in [-0.1, -0.05) is 11.6 Å². The fraction of sp³-hybridized carbons (Fsp3) is 0.273. The third-order valence-electron chi connectivity index (χ3n) is 1.87. The Balaban J connectivity index is 3.07. The van der Waals surface area contributed by atoms with Gasteiger partial charge in [0.15, 0.2) is 0 Å². The van der Waals surface area contributed by atoms with Gasteiger partial charge in [-0.15, -0.1) is 0 Å². The highest BCUT2D eigenvalue weighted by atomic mass is 35.5. The van der Waals surface area contributed by atoms with E-state index in [-0.39, 0.29) is 11.8 Å². The van der Waals surface area contributed by atoms with Gasteiger partial charge < -0.3 is 10.6 Å². The standard InChI is InChI=1S/C11H13ClN2O2/c1-3-13-11(16)9-6-8(12)4-5-10(9)14-7(2)15/h4-6H,3H2,1-2H3,(H,13,16)(H,14,15). The molecule has 0 unspecified atom stereocenters. The number of amides is 2. The van der Waals surface area contributed by atoms with Crippen molar-refractivity contribution in [3.8, 4) is 0 Å². The molecule has 0 aliphatic heterocycles. The van der Waals surface area contributed by atoms with E-state index in [9.17, 15) is 9.59 Å². The Morgan fingerprint density at radius 3 is 2.62 bits per heavy atom. The number of halogens is 1. The predicted octanol–water partition coefficient (Wildman–Crippen LogP) is 2.05. The maximum Gasteiger partial charge on any atom is 0.253 e. The molecule has 0 saturated carbocycles. The molecule has 2 N–H and O–H groups in total. The first-order valence-electron chi connectivity index (χ1n) is 4.90. The van der Waals surface area contributed by atoms with Gasteiger partial charge in [-0.05, 0) is 25.1 Å². The first-order valence-corrected chi connectivity index (χ1v) is 5.27. The molecule has 0 atom stereocenters. The molecular weight excluding hydrogens is 228 g/mol. The second-order valence-electron chi connectivity index (χ2n) is 3.23. The maximum absolute atomic E-state index is 11.7. The Hall–Kier alpha value is -1.55. The van der Waals surface area contributed by atoms with E-state index in [0.29, 0.717) is 22.8 Å². The Morgan fingerprint density at radius 1 is 1.38 bits per heavy atom. The molecular formula is C11H13ClN2O2. The molecule has 0 bridgehead atoms. The number of anilines is 1. The average molecular weight is 241 g/mol. The molecule has 0 saturated heterocycles. The van der Waals surface area contributed by atoms with E-state index < -0.39 is 0 Å². The molecule has 0 heterocycles. The highest BCUT2D eigenvalue weighted by Crippen LogP contribution is 2.20. The number of hydrogen-bond acceptors (Lipinski definition) is 2. The minimum atomic E-state index is -0.256. The van der Waals surface area contributed by atoms with E-state index in [1.807, 2.05) is 6.92 Å². The molecule has 0 aliphatic carbocycles. The van der Waals surface area contributed by atoms with Crippen molar-refractivity contribution >= 4 is 29.1 Å². The summed E-state index contributed by atoms with van der Waals surface area (Å²) in [6.07, 6.45) is 0. The summed E-state index contributed by atoms with van der Waals surface area (Å²) < 4.78 is 0. The second-order valence-corrected chi connectivity index (χ2v) is 3.67. The molecule has 0 aromatic heterocycles. The van der Waals surface area contributed by atoms with Crippen LogP contribution in [0.3, 0.4) is 0 Å². The summed E-state index contributed by atoms with van der Waals surface area (Å²) in [5.74, 6) is -0.485. The van der Waals surface area contributed by atoms with Gasteiger partial charge in [-0.25, -0.2) is 0 Å². The maximum atomic E-state index is 11.7. The van der Waals surface area contributed by atoms with Gasteiger partial charge in [0, 0.05) is 18.5 Å². The third kappa shape index (κ3) is 3.24. The van der Waals surface area contributed by atoms with Crippen LogP contribution in [0.5, 0.6) is 0 Å². The minimum Gasteiger partial charge on any atom is -0.352 e. The lowest BCUT2D eigenvalue weighted by molar-refractivity contribution is -0.114. The smallest absolute Gasteiger partial charge is 0.253 e. The monoisotopic (exact) mass is 240 g/mol. The first-order chi connectivity index (χ1) is 7.54. The van der Waals surface area contributed by atoms with E-state index in [4.69, 9.17) is 11.6 Å². The largest absolute Gasteiger partial charge is 0.352 e. The summed E-state index contributed by atoms with van der Waals surface area (Å²) in [6, 6.07) is 4.75. The van der Waals surface area contributed by atoms with Crippen LogP contribution >= 0.6 is 11.6 Å². The molecule has 0 radical (unpaired) electrons. The van der Waals surface area contributed by atoms with Crippen LogP contribution in [-0.4, -0.2) is 18.4 Å². The van der Waals surface area contributed by atoms with Crippen LogP contribution in [0.2, 0.25) is 5.02 Å². The summed E-state index contributed by atoms with van der Waals surface area (Å²) in [7, 11) is 0. The van der Waals surface area contributed by atoms with Crippen molar-refractivity contribution in [3.63, 3.8) is 0 Å². The summed E-state index contributed by atoms with van der Waals surface area (Å²) in [4.78, 5) is 22.6. The van der Waals surface area contributed by atoms with Gasteiger partial charge in [-0.2, -0.15) is 0 Å². The van der Waals surface area contributed by atoms with Crippen LogP contribution in [0.15, 0.2) is 18.2 Å². The normalized spacial score (nSPS) is 9.69. The fourth-order valence-electron chi connectivity index (χ4n) is 1.26. The van der Waals surface area contributed by atoms with Gasteiger partial charge in [0.05, 0.1) is 11.3 Å². The van der Waals surface area contributed by atoms with Gasteiger partial charge >= 0.3 is 0 Å². The van der Waals surface area contributed by atoms with Crippen molar-refractivity contribution in [2.45, 2.75) is 13.8 Å². The van der Waals surface area contributed by atoms with Crippen LogP contribution in [0.4, 0.5) is 5.69 Å². The van der Waals surface area contributed by atoms with E-state index in [0.717, 1.165) is 0 Å². The van der Waals surface area contributed by atoms with E-state index in [1.54, 1.807) is 12.1 Å². The zero-order chi connectivity index (χ0) is 12.1. The highest BCUT2D eigenvalue weighted by molar-refractivity contribution is 6.31. The fourth-order valence-corrected chi connectivity index (χ4v) is 1.43. The number of nitrogens with one attached hydrogen (secondary N) is 2. The summed E-state index contributed by atoms with van der Waals surface area (Å²) in [6.45, 7) is 3.72. The second kappa shape index (κ2) is 5.51. The van der Waals surface area contributed by atoms with Crippen molar-refractivity contribution < 1.29 is 9.59 Å². The molecule has 1 aromatic rings. The molecule has 1 rings (SSSR count). The van der Waals surface area contributed by atoms with Gasteiger partial charge in [0.25, 0.3) is 5.91 Å². The van der Waals surface area contributed by atoms with E-state index in [2.05, 4.69) is 10.6 Å². The van der Waals surface area contributed by atoms with Crippen LogP contribution < -0.4 is 10.6 Å². The zero-order valence-electron chi connectivity index (χ0n) is 9.13. The van der Waals surface area contributed by atoms with Crippen LogP contribution in [-0.2, 0) is 4.79 Å². The molecule has 86 valence electrons. The van der Waals surface area contributed by atoms with Crippen molar-refractivity contribution in [1.82, 2.24) is 5.32 Å². The van der Waals surface area contributed by atoms with E-state index in [1.165, 1.54) is 13.0 Å². The Bertz CT molecular complexity index is 418. The average Bonchev–Trinajstić information content (AvgIpc) is 2.20. The van der Waals surface area contributed by atoms with Crippen molar-refractivity contribution in [2.75, 3.05) is 11.9 Å². The minimum absolute atomic E-state index is 0.229. The van der Waals surface area contributed by atoms with Crippen LogP contribution in [0.1, 0.15) is 24.2 Å². The lowest BCUT2D eigenvalue weighted by Gasteiger charge is -2.09. The van der Waals surface area contributed by atoms with Gasteiger partial charge in [0.1, 0.15) is 0 Å². The van der Waals surface area contributed by atoms with E-state index >= 15 is 0 Å². The van der Waals surface area contributed by atoms with Crippen molar-refractivity contribution in [2.24, 2.45) is 0 Å². The number of benzene rings is 1. The number of carbonyl (C=O) groups is 2. The summed E-state index contributed by atoms with van der Waals surface area (Å²) in [5.41, 5.74) is 0.826. The Kier molecular flexibility index (Phi) is 4.31. The Morgan fingerprint density at radius 2 is 2.06 bits per heavy atom. The third-order valence-corrected chi connectivity index (χ3v) is 2.11. The predicted molar refractivity (Wildman–Crippen MR) is 63.8 cm³/mol. The summed E-state index contributed by atoms with van der Waals surface area (Å²) >= 11 is 5.80. The van der Waals surface area contributed by atoms with Gasteiger partial charge in [0.2, 0.25) is 5.91 Å². The molecule has 4 nitrogen and oxygen atoms in total. The van der Waals surface area contributed by atoms with Crippen LogP contribution in [0.25, 0.3) is 0 Å². The summed E-state index contributed by atoms with van der Waals surface area (Å²) in [5, 5.41) is 5.69. The lowest BCUT2D eigenvalue weighted by atomic mass is 10.1. The number of hydrogen-bond donors (Lipinski definition) is 2. The number of carbonyl (C=O) groups excluding carboxylic acids is 2. The Labute approximate surface area is 99.0 Å². The molecule has 5 heteroatoms.